The zero-order valence-electron chi connectivity index (χ0n) is 14.9. The van der Waals surface area contributed by atoms with Crippen LogP contribution in [0.2, 0.25) is 5.02 Å². The lowest BCUT2D eigenvalue weighted by atomic mass is 10.3. The molecular formula is C17H19ClN2O6S. The van der Waals surface area contributed by atoms with Gasteiger partial charge < -0.3 is 19.5 Å². The lowest BCUT2D eigenvalue weighted by molar-refractivity contribution is -0.115. The van der Waals surface area contributed by atoms with Gasteiger partial charge in [-0.05, 0) is 30.3 Å². The van der Waals surface area contributed by atoms with E-state index in [1.807, 2.05) is 0 Å². The van der Waals surface area contributed by atoms with Crippen LogP contribution in [-0.2, 0) is 14.8 Å². The van der Waals surface area contributed by atoms with Gasteiger partial charge in [0.25, 0.3) is 0 Å². The number of rotatable bonds is 8. The minimum atomic E-state index is -3.92. The Bertz CT molecular complexity index is 933. The fourth-order valence-electron chi connectivity index (χ4n) is 2.18. The number of carbonyl (C=O) groups excluding carboxylic acids is 1. The number of hydrogen-bond acceptors (Lipinski definition) is 6. The lowest BCUT2D eigenvalue weighted by Gasteiger charge is -2.11. The molecule has 1 amide bonds. The van der Waals surface area contributed by atoms with E-state index < -0.39 is 22.5 Å². The molecule has 2 aromatic rings. The van der Waals surface area contributed by atoms with Crippen LogP contribution in [0.25, 0.3) is 0 Å². The Morgan fingerprint density at radius 3 is 2.19 bits per heavy atom. The zero-order chi connectivity index (χ0) is 20.0. The first-order valence-electron chi connectivity index (χ1n) is 7.65. The second-order valence-electron chi connectivity index (χ2n) is 5.24. The molecule has 0 saturated carbocycles. The van der Waals surface area contributed by atoms with Gasteiger partial charge in [-0.1, -0.05) is 11.6 Å². The highest BCUT2D eigenvalue weighted by Crippen LogP contribution is 2.29. The van der Waals surface area contributed by atoms with E-state index in [1.165, 1.54) is 45.6 Å². The standard InChI is InChI=1S/C17H19ClN2O6S/c1-24-14-6-4-11(8-13(14)18)20-17(21)10-19-27(22,23)12-5-7-15(25-2)16(9-12)26-3/h4-9,19H,10H2,1-3H3,(H,20,21). The van der Waals surface area contributed by atoms with Gasteiger partial charge in [-0.25, -0.2) is 13.1 Å². The number of halogens is 1. The van der Waals surface area contributed by atoms with Crippen molar-refractivity contribution in [3.05, 3.63) is 41.4 Å². The summed E-state index contributed by atoms with van der Waals surface area (Å²) in [6.45, 7) is -0.458. The molecule has 0 atom stereocenters. The molecule has 0 aliphatic rings. The predicted molar refractivity (Wildman–Crippen MR) is 101 cm³/mol. The zero-order valence-corrected chi connectivity index (χ0v) is 16.5. The molecule has 0 aromatic heterocycles. The van der Waals surface area contributed by atoms with Crippen LogP contribution in [0.1, 0.15) is 0 Å². The van der Waals surface area contributed by atoms with Crippen molar-refractivity contribution in [3.63, 3.8) is 0 Å². The maximum atomic E-state index is 12.4. The average molecular weight is 415 g/mol. The third-order valence-electron chi connectivity index (χ3n) is 3.52. The fraction of sp³-hybridized carbons (Fsp3) is 0.235. The SMILES string of the molecule is COc1ccc(NC(=O)CNS(=O)(=O)c2ccc(OC)c(OC)c2)cc1Cl. The van der Waals surface area contributed by atoms with Gasteiger partial charge in [-0.15, -0.1) is 0 Å². The monoisotopic (exact) mass is 414 g/mol. The minimum absolute atomic E-state index is 0.0551. The molecular weight excluding hydrogens is 396 g/mol. The number of hydrogen-bond donors (Lipinski definition) is 2. The summed E-state index contributed by atoms with van der Waals surface area (Å²) >= 11 is 5.99. The van der Waals surface area contributed by atoms with Crippen molar-refractivity contribution in [2.24, 2.45) is 0 Å². The number of amides is 1. The Morgan fingerprint density at radius 1 is 0.963 bits per heavy atom. The van der Waals surface area contributed by atoms with E-state index >= 15 is 0 Å². The fourth-order valence-corrected chi connectivity index (χ4v) is 3.43. The van der Waals surface area contributed by atoms with E-state index in [4.69, 9.17) is 25.8 Å². The van der Waals surface area contributed by atoms with E-state index in [9.17, 15) is 13.2 Å². The summed E-state index contributed by atoms with van der Waals surface area (Å²) in [5, 5.41) is 2.87. The van der Waals surface area contributed by atoms with Crippen molar-refractivity contribution in [3.8, 4) is 17.2 Å². The summed E-state index contributed by atoms with van der Waals surface area (Å²) in [5.74, 6) is 0.562. The molecule has 8 nitrogen and oxygen atoms in total. The predicted octanol–water partition coefficient (Wildman–Crippen LogP) is 2.28. The van der Waals surface area contributed by atoms with Crippen molar-refractivity contribution in [1.82, 2.24) is 4.72 Å². The van der Waals surface area contributed by atoms with Crippen LogP contribution in [0.5, 0.6) is 17.2 Å². The molecule has 0 aliphatic heterocycles. The van der Waals surface area contributed by atoms with E-state index in [1.54, 1.807) is 12.1 Å². The Hall–Kier alpha value is -2.49. The third kappa shape index (κ3) is 5.25. The van der Waals surface area contributed by atoms with Crippen LogP contribution >= 0.6 is 11.6 Å². The van der Waals surface area contributed by atoms with Gasteiger partial charge >= 0.3 is 0 Å². The minimum Gasteiger partial charge on any atom is -0.495 e. The maximum Gasteiger partial charge on any atom is 0.241 e. The van der Waals surface area contributed by atoms with Crippen LogP contribution in [0, 0.1) is 0 Å². The molecule has 10 heteroatoms. The maximum absolute atomic E-state index is 12.4. The molecule has 0 aliphatic carbocycles. The summed E-state index contributed by atoms with van der Waals surface area (Å²) in [7, 11) is 0.401. The van der Waals surface area contributed by atoms with Crippen LogP contribution in [0.15, 0.2) is 41.3 Å². The molecule has 0 heterocycles. The molecule has 0 radical (unpaired) electrons. The summed E-state index contributed by atoms with van der Waals surface area (Å²) in [6.07, 6.45) is 0. The molecule has 0 fully saturated rings. The Labute approximate surface area is 162 Å². The third-order valence-corrected chi connectivity index (χ3v) is 5.22. The van der Waals surface area contributed by atoms with Crippen LogP contribution in [0.4, 0.5) is 5.69 Å². The Morgan fingerprint density at radius 2 is 1.59 bits per heavy atom. The van der Waals surface area contributed by atoms with Crippen molar-refractivity contribution in [2.45, 2.75) is 4.90 Å². The lowest BCUT2D eigenvalue weighted by Crippen LogP contribution is -2.32. The van der Waals surface area contributed by atoms with E-state index in [0.29, 0.717) is 22.2 Å². The van der Waals surface area contributed by atoms with Gasteiger partial charge in [0, 0.05) is 11.8 Å². The molecule has 0 unspecified atom stereocenters. The number of sulfonamides is 1. The molecule has 0 saturated heterocycles. The van der Waals surface area contributed by atoms with E-state index in [-0.39, 0.29) is 10.6 Å². The van der Waals surface area contributed by atoms with E-state index in [0.717, 1.165) is 0 Å². The summed E-state index contributed by atoms with van der Waals surface area (Å²) in [5.41, 5.74) is 0.413. The largest absolute Gasteiger partial charge is 0.495 e. The molecule has 146 valence electrons. The van der Waals surface area contributed by atoms with Gasteiger partial charge in [0.15, 0.2) is 11.5 Å². The Balaban J connectivity index is 2.04. The number of anilines is 1. The van der Waals surface area contributed by atoms with Crippen LogP contribution in [-0.4, -0.2) is 42.2 Å². The summed E-state index contributed by atoms with van der Waals surface area (Å²) in [6, 6.07) is 8.80. The van der Waals surface area contributed by atoms with E-state index in [2.05, 4.69) is 10.0 Å². The molecule has 2 aromatic carbocycles. The average Bonchev–Trinajstić information content (AvgIpc) is 2.66. The highest BCUT2D eigenvalue weighted by molar-refractivity contribution is 7.89. The highest BCUT2D eigenvalue weighted by atomic mass is 35.5. The first-order chi connectivity index (χ1) is 12.8. The highest BCUT2D eigenvalue weighted by Gasteiger charge is 2.18. The molecule has 0 spiro atoms. The summed E-state index contributed by atoms with van der Waals surface area (Å²) < 4.78 is 42.2. The first-order valence-corrected chi connectivity index (χ1v) is 9.52. The second kappa shape index (κ2) is 8.94. The quantitative estimate of drug-likeness (QED) is 0.687. The van der Waals surface area contributed by atoms with Crippen molar-refractivity contribution in [1.29, 1.82) is 0 Å². The number of ether oxygens (including phenoxy) is 3. The number of benzene rings is 2. The van der Waals surface area contributed by atoms with Crippen molar-refractivity contribution >= 4 is 33.2 Å². The van der Waals surface area contributed by atoms with Gasteiger partial charge in [-0.3, -0.25) is 4.79 Å². The number of nitrogens with one attached hydrogen (secondary N) is 2. The molecule has 27 heavy (non-hydrogen) atoms. The molecule has 2 rings (SSSR count). The number of methoxy groups -OCH3 is 3. The Kier molecular flexibility index (Phi) is 6.89. The van der Waals surface area contributed by atoms with Gasteiger partial charge in [-0.2, -0.15) is 0 Å². The van der Waals surface area contributed by atoms with Crippen molar-refractivity contribution < 1.29 is 27.4 Å². The van der Waals surface area contributed by atoms with Gasteiger partial charge in [0.2, 0.25) is 15.9 Å². The normalized spacial score (nSPS) is 11.0. The smallest absolute Gasteiger partial charge is 0.241 e. The number of carbonyl (C=O) groups is 1. The molecule has 2 N–H and O–H groups in total. The van der Waals surface area contributed by atoms with Gasteiger partial charge in [0.05, 0.1) is 37.8 Å². The summed E-state index contributed by atoms with van der Waals surface area (Å²) in [4.78, 5) is 12.0. The topological polar surface area (TPSA) is 103 Å². The van der Waals surface area contributed by atoms with Crippen molar-refractivity contribution in [2.75, 3.05) is 33.2 Å². The second-order valence-corrected chi connectivity index (χ2v) is 7.41. The molecule has 0 bridgehead atoms. The van der Waals surface area contributed by atoms with Crippen LogP contribution < -0.4 is 24.2 Å². The van der Waals surface area contributed by atoms with Gasteiger partial charge in [0.1, 0.15) is 5.75 Å². The first kappa shape index (κ1) is 20.8. The van der Waals surface area contributed by atoms with Crippen LogP contribution in [0.3, 0.4) is 0 Å².